The van der Waals surface area contributed by atoms with E-state index in [0.29, 0.717) is 6.42 Å². The van der Waals surface area contributed by atoms with Crippen LogP contribution in [0.3, 0.4) is 0 Å². The van der Waals surface area contributed by atoms with Crippen LogP contribution in [0, 0.1) is 0 Å². The van der Waals surface area contributed by atoms with Crippen molar-refractivity contribution < 1.29 is 14.1 Å². The Hall–Kier alpha value is -1.29. The molecule has 0 unspecified atom stereocenters. The molecule has 0 aliphatic rings. The highest BCUT2D eigenvalue weighted by Gasteiger charge is 2.18. The van der Waals surface area contributed by atoms with E-state index in [1.807, 2.05) is 12.1 Å². The summed E-state index contributed by atoms with van der Waals surface area (Å²) in [6.45, 7) is 3.90. The van der Waals surface area contributed by atoms with E-state index < -0.39 is 0 Å². The molecule has 4 heteroatoms. The molecule has 2 N–H and O–H groups in total. The first-order valence-electron chi connectivity index (χ1n) is 8.22. The van der Waals surface area contributed by atoms with Crippen LogP contribution < -0.4 is 10.2 Å². The minimum atomic E-state index is 0.133. The van der Waals surface area contributed by atoms with Crippen LogP contribution in [-0.4, -0.2) is 33.1 Å². The maximum absolute atomic E-state index is 12.1. The normalized spacial score (nSPS) is 12.6. The number of nitrogens with one attached hydrogen (secondary N) is 2. The van der Waals surface area contributed by atoms with Gasteiger partial charge >= 0.3 is 0 Å². The Morgan fingerprint density at radius 1 is 1.33 bits per heavy atom. The zero-order valence-electron chi connectivity index (χ0n) is 13.8. The van der Waals surface area contributed by atoms with E-state index in [9.17, 15) is 4.79 Å². The molecule has 21 heavy (non-hydrogen) atoms. The lowest BCUT2D eigenvalue weighted by Crippen LogP contribution is -3.06. The highest BCUT2D eigenvalue weighted by atomic mass is 16.3. The van der Waals surface area contributed by atoms with Gasteiger partial charge in [-0.15, -0.1) is 0 Å². The summed E-state index contributed by atoms with van der Waals surface area (Å²) in [5.74, 6) is 1.29. The fourth-order valence-electron chi connectivity index (χ4n) is 2.43. The third-order valence-electron chi connectivity index (χ3n) is 3.73. The van der Waals surface area contributed by atoms with Gasteiger partial charge in [0.1, 0.15) is 5.76 Å². The Bertz CT molecular complexity index is 374. The summed E-state index contributed by atoms with van der Waals surface area (Å²) in [5, 5.41) is 3.01. The summed E-state index contributed by atoms with van der Waals surface area (Å²) in [6, 6.07) is 3.89. The van der Waals surface area contributed by atoms with Gasteiger partial charge in [-0.05, 0) is 18.6 Å². The number of hydrogen-bond donors (Lipinski definition) is 2. The zero-order chi connectivity index (χ0) is 15.5. The second-order valence-corrected chi connectivity index (χ2v) is 6.07. The second-order valence-electron chi connectivity index (χ2n) is 6.07. The van der Waals surface area contributed by atoms with Crippen molar-refractivity contribution in [3.8, 4) is 0 Å². The van der Waals surface area contributed by atoms with E-state index in [1.54, 1.807) is 6.26 Å². The summed E-state index contributed by atoms with van der Waals surface area (Å²) < 4.78 is 5.51. The van der Waals surface area contributed by atoms with Gasteiger partial charge in [-0.3, -0.25) is 4.79 Å². The minimum Gasteiger partial charge on any atom is -0.469 e. The summed E-state index contributed by atoms with van der Waals surface area (Å²) in [5.41, 5.74) is 0. The molecule has 0 fully saturated rings. The molecule has 1 amide bonds. The highest BCUT2D eigenvalue weighted by molar-refractivity contribution is 5.76. The van der Waals surface area contributed by atoms with Crippen LogP contribution in [0.25, 0.3) is 0 Å². The van der Waals surface area contributed by atoms with Crippen molar-refractivity contribution >= 4 is 5.91 Å². The van der Waals surface area contributed by atoms with E-state index in [0.717, 1.165) is 31.7 Å². The second kappa shape index (κ2) is 10.4. The molecule has 0 spiro atoms. The number of carbonyl (C=O) groups excluding carboxylic acids is 1. The molecular weight excluding hydrogens is 264 g/mol. The van der Waals surface area contributed by atoms with Gasteiger partial charge in [0, 0.05) is 12.3 Å². The molecule has 0 aromatic carbocycles. The standard InChI is InChI=1S/C17H30N2O2/c1-4-5-6-7-9-15(16-10-8-13-21-16)14-17(20)18-11-12-19(2)3/h8,10,13,15H,4-7,9,11-12,14H2,1-3H3,(H,18,20)/p+1/t15-/m1/s1. The monoisotopic (exact) mass is 295 g/mol. The lowest BCUT2D eigenvalue weighted by atomic mass is 9.94. The van der Waals surface area contributed by atoms with Crippen molar-refractivity contribution in [2.75, 3.05) is 27.2 Å². The van der Waals surface area contributed by atoms with Gasteiger partial charge in [-0.1, -0.05) is 32.6 Å². The van der Waals surface area contributed by atoms with Crippen LogP contribution in [-0.2, 0) is 4.79 Å². The van der Waals surface area contributed by atoms with Crippen LogP contribution in [0.2, 0.25) is 0 Å². The fourth-order valence-corrected chi connectivity index (χ4v) is 2.43. The van der Waals surface area contributed by atoms with Gasteiger partial charge in [0.05, 0.1) is 33.4 Å². The van der Waals surface area contributed by atoms with Crippen molar-refractivity contribution in [3.05, 3.63) is 24.2 Å². The maximum Gasteiger partial charge on any atom is 0.220 e. The molecule has 1 atom stereocenters. The molecule has 0 saturated heterocycles. The lowest BCUT2D eigenvalue weighted by Gasteiger charge is -2.15. The molecule has 0 radical (unpaired) electrons. The Morgan fingerprint density at radius 3 is 2.76 bits per heavy atom. The number of quaternary nitrogens is 1. The van der Waals surface area contributed by atoms with Crippen molar-refractivity contribution in [2.45, 2.75) is 51.4 Å². The molecule has 120 valence electrons. The molecule has 1 aromatic rings. The number of amides is 1. The molecule has 0 aliphatic carbocycles. The molecule has 0 aliphatic heterocycles. The van der Waals surface area contributed by atoms with Gasteiger partial charge in [0.2, 0.25) is 5.91 Å². The van der Waals surface area contributed by atoms with E-state index in [1.165, 1.54) is 24.2 Å². The number of unbranched alkanes of at least 4 members (excludes halogenated alkanes) is 3. The topological polar surface area (TPSA) is 46.7 Å². The molecule has 0 saturated carbocycles. The Morgan fingerprint density at radius 2 is 2.14 bits per heavy atom. The Kier molecular flexibility index (Phi) is 8.83. The van der Waals surface area contributed by atoms with Crippen molar-refractivity contribution in [1.82, 2.24) is 5.32 Å². The first-order valence-corrected chi connectivity index (χ1v) is 8.22. The third-order valence-corrected chi connectivity index (χ3v) is 3.73. The Balaban J connectivity index is 2.39. The average Bonchev–Trinajstić information content (AvgIpc) is 2.95. The van der Waals surface area contributed by atoms with Gasteiger partial charge in [-0.25, -0.2) is 0 Å². The molecule has 1 rings (SSSR count). The SMILES string of the molecule is CCCCCC[C@H](CC(=O)NCC[NH+](C)C)c1ccco1. The van der Waals surface area contributed by atoms with Crippen LogP contribution in [0.4, 0.5) is 0 Å². The van der Waals surface area contributed by atoms with Crippen molar-refractivity contribution in [3.63, 3.8) is 0 Å². The van der Waals surface area contributed by atoms with Gasteiger partial charge in [0.25, 0.3) is 0 Å². The number of hydrogen-bond acceptors (Lipinski definition) is 2. The zero-order valence-corrected chi connectivity index (χ0v) is 13.8. The van der Waals surface area contributed by atoms with Crippen molar-refractivity contribution in [2.24, 2.45) is 0 Å². The first kappa shape index (κ1) is 17.8. The first-order chi connectivity index (χ1) is 10.1. The van der Waals surface area contributed by atoms with Crippen LogP contribution in [0.5, 0.6) is 0 Å². The van der Waals surface area contributed by atoms with E-state index >= 15 is 0 Å². The summed E-state index contributed by atoms with van der Waals surface area (Å²) in [7, 11) is 4.18. The number of likely N-dealkylation sites (N-methyl/N-ethyl adjacent to an activating group) is 1. The van der Waals surface area contributed by atoms with E-state index in [2.05, 4.69) is 26.3 Å². The van der Waals surface area contributed by atoms with Crippen molar-refractivity contribution in [1.29, 1.82) is 0 Å². The molecular formula is C17H31N2O2+. The predicted octanol–water partition coefficient (Wildman–Crippen LogP) is 1.98. The molecule has 4 nitrogen and oxygen atoms in total. The molecule has 0 bridgehead atoms. The highest BCUT2D eigenvalue weighted by Crippen LogP contribution is 2.26. The number of furan rings is 1. The Labute approximate surface area is 128 Å². The largest absolute Gasteiger partial charge is 0.469 e. The smallest absolute Gasteiger partial charge is 0.220 e. The number of carbonyl (C=O) groups is 1. The molecule has 1 heterocycles. The van der Waals surface area contributed by atoms with E-state index in [-0.39, 0.29) is 11.8 Å². The summed E-state index contributed by atoms with van der Waals surface area (Å²) in [6.07, 6.45) is 8.15. The minimum absolute atomic E-state index is 0.133. The van der Waals surface area contributed by atoms with E-state index in [4.69, 9.17) is 4.42 Å². The lowest BCUT2D eigenvalue weighted by molar-refractivity contribution is -0.856. The maximum atomic E-state index is 12.1. The van der Waals surface area contributed by atoms with Crippen LogP contribution in [0.1, 0.15) is 57.1 Å². The van der Waals surface area contributed by atoms with Gasteiger partial charge in [0.15, 0.2) is 0 Å². The predicted molar refractivity (Wildman–Crippen MR) is 85.5 cm³/mol. The average molecular weight is 295 g/mol. The van der Waals surface area contributed by atoms with Crippen LogP contribution >= 0.6 is 0 Å². The quantitative estimate of drug-likeness (QED) is 0.613. The molecule has 1 aromatic heterocycles. The number of rotatable bonds is 11. The summed E-state index contributed by atoms with van der Waals surface area (Å²) >= 11 is 0. The van der Waals surface area contributed by atoms with Gasteiger partial charge < -0.3 is 14.6 Å². The van der Waals surface area contributed by atoms with Crippen LogP contribution in [0.15, 0.2) is 22.8 Å². The van der Waals surface area contributed by atoms with Gasteiger partial charge in [-0.2, -0.15) is 0 Å². The third kappa shape index (κ3) is 7.90. The fraction of sp³-hybridized carbons (Fsp3) is 0.706. The summed E-state index contributed by atoms with van der Waals surface area (Å²) in [4.78, 5) is 13.4.